The number of fused-ring (bicyclic) bond motifs is 1. The van der Waals surface area contributed by atoms with E-state index < -0.39 is 0 Å². The SMILES string of the molecule is O=C(c1cccc(Cl)c1)N1CCC(c2ccn3ncc(C(=O)N4CCOCC4)c3c2)CC1. The maximum atomic E-state index is 13.0. The monoisotopic (exact) mass is 452 g/mol. The molecule has 2 aromatic heterocycles. The van der Waals surface area contributed by atoms with E-state index >= 15 is 0 Å². The lowest BCUT2D eigenvalue weighted by Crippen LogP contribution is -2.40. The molecule has 0 aliphatic carbocycles. The van der Waals surface area contributed by atoms with Gasteiger partial charge in [0.15, 0.2) is 0 Å². The minimum absolute atomic E-state index is 0.00221. The Morgan fingerprint density at radius 2 is 1.72 bits per heavy atom. The molecule has 5 rings (SSSR count). The Morgan fingerprint density at radius 3 is 2.47 bits per heavy atom. The molecule has 0 spiro atoms. The zero-order valence-electron chi connectivity index (χ0n) is 17.7. The number of hydrogen-bond donors (Lipinski definition) is 0. The molecule has 2 fully saturated rings. The molecule has 0 N–H and O–H groups in total. The van der Waals surface area contributed by atoms with Crippen LogP contribution in [0.4, 0.5) is 0 Å². The smallest absolute Gasteiger partial charge is 0.257 e. The minimum Gasteiger partial charge on any atom is -0.378 e. The van der Waals surface area contributed by atoms with Crippen molar-refractivity contribution in [3.05, 3.63) is 70.5 Å². The highest BCUT2D eigenvalue weighted by Crippen LogP contribution is 2.30. The number of likely N-dealkylation sites (tertiary alicyclic amines) is 1. The Kier molecular flexibility index (Phi) is 5.85. The Bertz CT molecular complexity index is 1150. The van der Waals surface area contributed by atoms with E-state index in [4.69, 9.17) is 16.3 Å². The van der Waals surface area contributed by atoms with Crippen LogP contribution in [0.2, 0.25) is 5.02 Å². The standard InChI is InChI=1S/C24H25ClN4O3/c25-20-3-1-2-19(14-20)23(30)27-7-4-17(5-8-27)18-6-9-29-22(15-18)21(16-26-29)24(31)28-10-12-32-13-11-28/h1-3,6,9,14-17H,4-5,7-8,10-13H2. The average Bonchev–Trinajstić information content (AvgIpc) is 3.27. The number of aromatic nitrogens is 2. The van der Waals surface area contributed by atoms with Gasteiger partial charge in [0.1, 0.15) is 0 Å². The van der Waals surface area contributed by atoms with Crippen molar-refractivity contribution in [2.45, 2.75) is 18.8 Å². The zero-order valence-corrected chi connectivity index (χ0v) is 18.5. The predicted octanol–water partition coefficient (Wildman–Crippen LogP) is 3.48. The molecule has 166 valence electrons. The number of ether oxygens (including phenoxy) is 1. The zero-order chi connectivity index (χ0) is 22.1. The van der Waals surface area contributed by atoms with Crippen LogP contribution in [0.5, 0.6) is 0 Å². The molecule has 3 aromatic rings. The topological polar surface area (TPSA) is 67.2 Å². The summed E-state index contributed by atoms with van der Waals surface area (Å²) >= 11 is 6.04. The van der Waals surface area contributed by atoms with E-state index in [2.05, 4.69) is 17.2 Å². The number of amides is 2. The minimum atomic E-state index is 0.00221. The normalized spacial score (nSPS) is 17.7. The van der Waals surface area contributed by atoms with Crippen LogP contribution < -0.4 is 0 Å². The predicted molar refractivity (Wildman–Crippen MR) is 121 cm³/mol. The van der Waals surface area contributed by atoms with E-state index in [0.717, 1.165) is 18.4 Å². The number of carbonyl (C=O) groups is 2. The van der Waals surface area contributed by atoms with Gasteiger partial charge in [-0.3, -0.25) is 9.59 Å². The van der Waals surface area contributed by atoms with Gasteiger partial charge in [-0.25, -0.2) is 4.52 Å². The molecule has 2 saturated heterocycles. The van der Waals surface area contributed by atoms with Crippen LogP contribution in [0.1, 0.15) is 45.0 Å². The first-order valence-corrected chi connectivity index (χ1v) is 11.4. The molecule has 0 atom stereocenters. The molecule has 2 aliphatic heterocycles. The van der Waals surface area contributed by atoms with Crippen molar-refractivity contribution in [1.82, 2.24) is 19.4 Å². The summed E-state index contributed by atoms with van der Waals surface area (Å²) in [5.41, 5.74) is 3.27. The summed E-state index contributed by atoms with van der Waals surface area (Å²) in [6.07, 6.45) is 5.33. The molecule has 0 bridgehead atoms. The summed E-state index contributed by atoms with van der Waals surface area (Å²) in [5.74, 6) is 0.364. The van der Waals surface area contributed by atoms with Crippen LogP contribution in [0, 0.1) is 0 Å². The molecular weight excluding hydrogens is 428 g/mol. The highest BCUT2D eigenvalue weighted by atomic mass is 35.5. The lowest BCUT2D eigenvalue weighted by atomic mass is 9.89. The summed E-state index contributed by atoms with van der Waals surface area (Å²) in [6.45, 7) is 3.75. The second-order valence-corrected chi connectivity index (χ2v) is 8.77. The van der Waals surface area contributed by atoms with Gasteiger partial charge in [-0.05, 0) is 54.7 Å². The number of morpholine rings is 1. The summed E-state index contributed by atoms with van der Waals surface area (Å²) in [4.78, 5) is 29.5. The lowest BCUT2D eigenvalue weighted by Gasteiger charge is -2.32. The van der Waals surface area contributed by atoms with Crippen LogP contribution >= 0.6 is 11.6 Å². The van der Waals surface area contributed by atoms with Crippen molar-refractivity contribution in [2.24, 2.45) is 0 Å². The highest BCUT2D eigenvalue weighted by molar-refractivity contribution is 6.30. The first-order valence-electron chi connectivity index (χ1n) is 11.0. The van der Waals surface area contributed by atoms with Crippen molar-refractivity contribution < 1.29 is 14.3 Å². The Morgan fingerprint density at radius 1 is 0.969 bits per heavy atom. The van der Waals surface area contributed by atoms with Crippen LogP contribution in [0.3, 0.4) is 0 Å². The Balaban J connectivity index is 1.30. The summed E-state index contributed by atoms with van der Waals surface area (Å²) in [7, 11) is 0. The molecular formula is C24H25ClN4O3. The van der Waals surface area contributed by atoms with Crippen molar-refractivity contribution in [1.29, 1.82) is 0 Å². The fourth-order valence-electron chi connectivity index (χ4n) is 4.57. The quantitative estimate of drug-likeness (QED) is 0.610. The van der Waals surface area contributed by atoms with E-state index in [1.165, 1.54) is 5.56 Å². The molecule has 0 unspecified atom stereocenters. The summed E-state index contributed by atoms with van der Waals surface area (Å²) in [6, 6.07) is 11.3. The number of pyridine rings is 1. The molecule has 32 heavy (non-hydrogen) atoms. The van der Waals surface area contributed by atoms with Gasteiger partial charge in [0.25, 0.3) is 11.8 Å². The summed E-state index contributed by atoms with van der Waals surface area (Å²) < 4.78 is 7.12. The third-order valence-electron chi connectivity index (χ3n) is 6.40. The van der Waals surface area contributed by atoms with Gasteiger partial charge in [-0.2, -0.15) is 5.10 Å². The second-order valence-electron chi connectivity index (χ2n) is 8.33. The first kappa shape index (κ1) is 21.0. The van der Waals surface area contributed by atoms with Crippen LogP contribution in [0.25, 0.3) is 5.52 Å². The van der Waals surface area contributed by atoms with Gasteiger partial charge >= 0.3 is 0 Å². The number of rotatable bonds is 3. The Hall–Kier alpha value is -2.90. The fourth-order valence-corrected chi connectivity index (χ4v) is 4.76. The number of piperidine rings is 1. The third-order valence-corrected chi connectivity index (χ3v) is 6.63. The van der Waals surface area contributed by atoms with Gasteiger partial charge in [0.2, 0.25) is 0 Å². The van der Waals surface area contributed by atoms with Crippen molar-refractivity contribution in [3.8, 4) is 0 Å². The average molecular weight is 453 g/mol. The number of hydrogen-bond acceptors (Lipinski definition) is 4. The molecule has 7 nitrogen and oxygen atoms in total. The van der Waals surface area contributed by atoms with Gasteiger partial charge in [-0.15, -0.1) is 0 Å². The van der Waals surface area contributed by atoms with E-state index in [0.29, 0.717) is 61.5 Å². The third kappa shape index (κ3) is 4.10. The molecule has 8 heteroatoms. The molecule has 2 amide bonds. The number of nitrogens with zero attached hydrogens (tertiary/aromatic N) is 4. The van der Waals surface area contributed by atoms with E-state index in [9.17, 15) is 9.59 Å². The summed E-state index contributed by atoms with van der Waals surface area (Å²) in [5, 5.41) is 4.94. The van der Waals surface area contributed by atoms with E-state index in [1.54, 1.807) is 35.0 Å². The molecule has 0 radical (unpaired) electrons. The number of carbonyl (C=O) groups excluding carboxylic acids is 2. The van der Waals surface area contributed by atoms with Crippen LogP contribution in [0.15, 0.2) is 48.8 Å². The highest BCUT2D eigenvalue weighted by Gasteiger charge is 2.26. The van der Waals surface area contributed by atoms with Crippen LogP contribution in [-0.2, 0) is 4.74 Å². The van der Waals surface area contributed by atoms with E-state index in [-0.39, 0.29) is 11.8 Å². The number of benzene rings is 1. The fraction of sp³-hybridized carbons (Fsp3) is 0.375. The maximum absolute atomic E-state index is 13.0. The second kappa shape index (κ2) is 8.92. The molecule has 0 saturated carbocycles. The van der Waals surface area contributed by atoms with E-state index in [1.807, 2.05) is 16.0 Å². The van der Waals surface area contributed by atoms with Crippen molar-refractivity contribution in [2.75, 3.05) is 39.4 Å². The van der Waals surface area contributed by atoms with Gasteiger partial charge < -0.3 is 14.5 Å². The molecule has 2 aliphatic rings. The van der Waals surface area contributed by atoms with Crippen molar-refractivity contribution >= 4 is 28.9 Å². The van der Waals surface area contributed by atoms with Crippen molar-refractivity contribution in [3.63, 3.8) is 0 Å². The van der Waals surface area contributed by atoms with Gasteiger partial charge in [0.05, 0.1) is 30.5 Å². The van der Waals surface area contributed by atoms with Crippen LogP contribution in [-0.4, -0.2) is 70.6 Å². The number of halogens is 1. The first-order chi connectivity index (χ1) is 15.6. The molecule has 1 aromatic carbocycles. The maximum Gasteiger partial charge on any atom is 0.257 e. The lowest BCUT2D eigenvalue weighted by molar-refractivity contribution is 0.0304. The largest absolute Gasteiger partial charge is 0.378 e. The molecule has 4 heterocycles. The van der Waals surface area contributed by atoms with Gasteiger partial charge in [0, 0.05) is 43.0 Å². The Labute approximate surface area is 191 Å². The van der Waals surface area contributed by atoms with Gasteiger partial charge in [-0.1, -0.05) is 17.7 Å².